The van der Waals surface area contributed by atoms with Gasteiger partial charge in [-0.05, 0) is 61.1 Å². The zero-order chi connectivity index (χ0) is 38.5. The van der Waals surface area contributed by atoms with E-state index in [1.807, 2.05) is 48.5 Å². The van der Waals surface area contributed by atoms with Gasteiger partial charge in [-0.3, -0.25) is 19.6 Å². The number of aliphatic imine (C=N–C) groups is 2. The van der Waals surface area contributed by atoms with Gasteiger partial charge >= 0.3 is 12.2 Å². The number of benzene rings is 2. The molecule has 286 valence electrons. The summed E-state index contributed by atoms with van der Waals surface area (Å²) in [5.74, 6) is -0.909. The van der Waals surface area contributed by atoms with Gasteiger partial charge in [0.25, 0.3) is 11.8 Å². The minimum atomic E-state index is -0.969. The van der Waals surface area contributed by atoms with E-state index in [1.165, 1.54) is 24.2 Å². The lowest BCUT2D eigenvalue weighted by Gasteiger charge is -2.29. The number of carbonyl (C=O) groups excluding carboxylic acids is 4. The van der Waals surface area contributed by atoms with Crippen LogP contribution in [0.2, 0.25) is 0 Å². The highest BCUT2D eigenvalue weighted by atomic mass is 16.7. The molecular formula is C38H44N6O10. The molecule has 0 bridgehead atoms. The Morgan fingerprint density at radius 2 is 0.963 bits per heavy atom. The van der Waals surface area contributed by atoms with Crippen LogP contribution in [0, 0.1) is 0 Å². The van der Waals surface area contributed by atoms with Gasteiger partial charge in [0, 0.05) is 37.3 Å². The van der Waals surface area contributed by atoms with Gasteiger partial charge in [-0.15, -0.1) is 0 Å². The number of nitrogens with zero attached hydrogens (tertiary/aromatic N) is 4. The van der Waals surface area contributed by atoms with Crippen LogP contribution in [-0.2, 0) is 38.0 Å². The molecule has 0 radical (unpaired) electrons. The van der Waals surface area contributed by atoms with Gasteiger partial charge in [-0.25, -0.2) is 30.5 Å². The van der Waals surface area contributed by atoms with Crippen LogP contribution in [0.5, 0.6) is 0 Å². The minimum Gasteiger partial charge on any atom is -0.452 e. The minimum absolute atomic E-state index is 0.0706. The summed E-state index contributed by atoms with van der Waals surface area (Å²) in [4.78, 5) is 59.5. The molecule has 4 aliphatic rings. The van der Waals surface area contributed by atoms with Gasteiger partial charge in [0.15, 0.2) is 12.2 Å². The van der Waals surface area contributed by atoms with Crippen molar-refractivity contribution in [2.45, 2.75) is 77.0 Å². The van der Waals surface area contributed by atoms with Crippen molar-refractivity contribution in [3.63, 3.8) is 0 Å². The van der Waals surface area contributed by atoms with E-state index in [9.17, 15) is 19.2 Å². The summed E-state index contributed by atoms with van der Waals surface area (Å²) in [6.07, 6.45) is -0.342. The maximum absolute atomic E-state index is 13.3. The Morgan fingerprint density at radius 3 is 1.30 bits per heavy atom. The molecule has 2 saturated heterocycles. The first-order valence-electron chi connectivity index (χ1n) is 17.5. The van der Waals surface area contributed by atoms with Crippen LogP contribution in [-0.4, -0.2) is 110 Å². The Bertz CT molecular complexity index is 1740. The first-order valence-corrected chi connectivity index (χ1v) is 17.5. The Kier molecular flexibility index (Phi) is 11.9. The molecule has 2 N–H and O–H groups in total. The van der Waals surface area contributed by atoms with Crippen molar-refractivity contribution in [3.8, 4) is 11.1 Å². The van der Waals surface area contributed by atoms with Crippen molar-refractivity contribution in [2.24, 2.45) is 9.98 Å². The summed E-state index contributed by atoms with van der Waals surface area (Å²) in [7, 11) is 2.45. The molecule has 0 saturated carbocycles. The topological polar surface area (TPSA) is 179 Å². The van der Waals surface area contributed by atoms with Crippen molar-refractivity contribution in [2.75, 3.05) is 27.8 Å². The van der Waals surface area contributed by atoms with Crippen molar-refractivity contribution in [1.82, 2.24) is 20.9 Å². The second kappa shape index (κ2) is 16.7. The molecule has 16 heteroatoms. The van der Waals surface area contributed by atoms with Crippen LogP contribution in [0.3, 0.4) is 0 Å². The maximum Gasteiger partial charge on any atom is 0.425 e. The lowest BCUT2D eigenvalue weighted by molar-refractivity contribution is -0.146. The first kappa shape index (κ1) is 38.3. The molecule has 16 nitrogen and oxygen atoms in total. The molecule has 6 rings (SSSR count). The number of ether oxygens (including phenoxy) is 6. The SMILES string of the molecule is COC(=O)NN(C(=O)[C@@H]1OCO[C@H]1C1=NC=C(c2ccc(-c3ccc(C4=CN=C([C@@H]5OCO[C@H]5C(=O)N(NC(=O)OC)C(C)C)C4)cc3)cc2)C1)C(C)C. The van der Waals surface area contributed by atoms with Crippen LogP contribution >= 0.6 is 0 Å². The number of carbonyl (C=O) groups is 4. The predicted molar refractivity (Wildman–Crippen MR) is 196 cm³/mol. The van der Waals surface area contributed by atoms with E-state index in [1.54, 1.807) is 40.1 Å². The van der Waals surface area contributed by atoms with Gasteiger partial charge in [0.1, 0.15) is 25.8 Å². The summed E-state index contributed by atoms with van der Waals surface area (Å²) in [5.41, 5.74) is 12.2. The monoisotopic (exact) mass is 744 g/mol. The summed E-state index contributed by atoms with van der Waals surface area (Å²) in [6.45, 7) is 6.92. The molecule has 0 spiro atoms. The summed E-state index contributed by atoms with van der Waals surface area (Å²) >= 11 is 0. The van der Waals surface area contributed by atoms with Crippen LogP contribution in [0.25, 0.3) is 22.3 Å². The molecule has 2 aromatic carbocycles. The van der Waals surface area contributed by atoms with E-state index in [-0.39, 0.29) is 25.7 Å². The van der Waals surface area contributed by atoms with Crippen LogP contribution in [0.15, 0.2) is 70.9 Å². The molecular weight excluding hydrogens is 700 g/mol. The second-order valence-electron chi connectivity index (χ2n) is 13.5. The quantitative estimate of drug-likeness (QED) is 0.353. The number of methoxy groups -OCH3 is 2. The Hall–Kier alpha value is -5.42. The number of allylic oxidation sites excluding steroid dienone is 2. The average molecular weight is 745 g/mol. The molecule has 4 amide bonds. The Labute approximate surface area is 312 Å². The Morgan fingerprint density at radius 1 is 0.611 bits per heavy atom. The summed E-state index contributed by atoms with van der Waals surface area (Å²) in [5, 5.41) is 2.36. The van der Waals surface area contributed by atoms with Crippen molar-refractivity contribution in [1.29, 1.82) is 0 Å². The van der Waals surface area contributed by atoms with E-state index < -0.39 is 48.4 Å². The molecule has 2 aromatic rings. The molecule has 54 heavy (non-hydrogen) atoms. The lowest BCUT2D eigenvalue weighted by atomic mass is 9.95. The molecule has 4 atom stereocenters. The molecule has 4 aliphatic heterocycles. The molecule has 0 unspecified atom stereocenters. The van der Waals surface area contributed by atoms with E-state index in [4.69, 9.17) is 18.9 Å². The molecule has 2 fully saturated rings. The van der Waals surface area contributed by atoms with Crippen LogP contribution < -0.4 is 10.9 Å². The molecule has 0 aromatic heterocycles. The largest absolute Gasteiger partial charge is 0.452 e. The van der Waals surface area contributed by atoms with Gasteiger partial charge < -0.3 is 28.4 Å². The smallest absolute Gasteiger partial charge is 0.425 e. The second-order valence-corrected chi connectivity index (χ2v) is 13.5. The van der Waals surface area contributed by atoms with Gasteiger partial charge in [-0.2, -0.15) is 0 Å². The number of hydrazine groups is 2. The zero-order valence-corrected chi connectivity index (χ0v) is 30.9. The van der Waals surface area contributed by atoms with Crippen molar-refractivity contribution in [3.05, 3.63) is 72.1 Å². The number of rotatable bonds is 9. The highest BCUT2D eigenvalue weighted by molar-refractivity contribution is 6.05. The van der Waals surface area contributed by atoms with E-state index in [0.717, 1.165) is 33.4 Å². The normalized spacial score (nSPS) is 22.0. The van der Waals surface area contributed by atoms with E-state index >= 15 is 0 Å². The van der Waals surface area contributed by atoms with Gasteiger partial charge in [-0.1, -0.05) is 48.5 Å². The fourth-order valence-electron chi connectivity index (χ4n) is 6.45. The molecule has 4 heterocycles. The third kappa shape index (κ3) is 8.21. The Balaban J connectivity index is 1.04. The number of nitrogens with one attached hydrogen (secondary N) is 2. The van der Waals surface area contributed by atoms with E-state index in [2.05, 4.69) is 30.3 Å². The highest BCUT2D eigenvalue weighted by Gasteiger charge is 2.44. The van der Waals surface area contributed by atoms with Gasteiger partial charge in [0.05, 0.1) is 25.6 Å². The third-order valence-electron chi connectivity index (χ3n) is 9.35. The van der Waals surface area contributed by atoms with Crippen LogP contribution in [0.4, 0.5) is 9.59 Å². The van der Waals surface area contributed by atoms with E-state index in [0.29, 0.717) is 24.3 Å². The summed E-state index contributed by atoms with van der Waals surface area (Å²) in [6, 6.07) is 15.6. The average Bonchev–Trinajstić information content (AvgIpc) is 4.02. The molecule has 0 aliphatic carbocycles. The van der Waals surface area contributed by atoms with Gasteiger partial charge in [0.2, 0.25) is 0 Å². The van der Waals surface area contributed by atoms with Crippen LogP contribution in [0.1, 0.15) is 51.7 Å². The fourth-order valence-corrected chi connectivity index (χ4v) is 6.45. The predicted octanol–water partition coefficient (Wildman–Crippen LogP) is 4.22. The summed E-state index contributed by atoms with van der Waals surface area (Å²) < 4.78 is 32.2. The third-order valence-corrected chi connectivity index (χ3v) is 9.35. The van der Waals surface area contributed by atoms with Crippen molar-refractivity contribution >= 4 is 46.6 Å². The lowest BCUT2D eigenvalue weighted by Crippen LogP contribution is -2.56. The standard InChI is InChI=1S/C38H44N6O10/c1-21(2)43(41-37(47)49-5)35(45)33-31(51-19-53-33)29-15-27(17-39-29)25-11-7-23(8-12-25)24-9-13-26(14-10-24)28-16-30(40-18-28)32-34(54-20-52-32)36(46)44(22(3)4)42-38(48)50-6/h7-14,17-18,21-22,31-34H,15-16,19-20H2,1-6H3,(H,41,47)(H,42,48)/t31-,32-,33+,34+/m0/s1. The number of hydrogen-bond acceptors (Lipinski definition) is 12. The highest BCUT2D eigenvalue weighted by Crippen LogP contribution is 2.33. The number of amides is 4. The maximum atomic E-state index is 13.3. The zero-order valence-electron chi connectivity index (χ0n) is 30.9. The van der Waals surface area contributed by atoms with Crippen molar-refractivity contribution < 1.29 is 47.6 Å². The number of hydrogen-bond donors (Lipinski definition) is 2. The fraction of sp³-hybridized carbons (Fsp3) is 0.421. The first-order chi connectivity index (χ1) is 26.0.